The molecule has 1 amide bonds. The lowest BCUT2D eigenvalue weighted by Crippen LogP contribution is -2.60. The van der Waals surface area contributed by atoms with Gasteiger partial charge in [-0.1, -0.05) is 12.1 Å². The summed E-state index contributed by atoms with van der Waals surface area (Å²) in [5.41, 5.74) is 1.34. The summed E-state index contributed by atoms with van der Waals surface area (Å²) in [6.45, 7) is 7.52. The van der Waals surface area contributed by atoms with Gasteiger partial charge in [-0.2, -0.15) is 0 Å². The van der Waals surface area contributed by atoms with Crippen LogP contribution in [0.15, 0.2) is 24.3 Å². The van der Waals surface area contributed by atoms with Gasteiger partial charge < -0.3 is 10.0 Å². The normalized spacial score (nSPS) is 21.2. The van der Waals surface area contributed by atoms with Crippen molar-refractivity contribution in [2.75, 3.05) is 19.6 Å². The Balaban J connectivity index is 1.64. The summed E-state index contributed by atoms with van der Waals surface area (Å²) in [4.78, 5) is 27.6. The number of carbonyl (C=O) groups is 2. The van der Waals surface area contributed by atoms with E-state index >= 15 is 0 Å². The Morgan fingerprint density at radius 2 is 1.83 bits per heavy atom. The smallest absolute Gasteiger partial charge is 0.335 e. The van der Waals surface area contributed by atoms with E-state index in [9.17, 15) is 9.59 Å². The highest BCUT2D eigenvalue weighted by atomic mass is 16.4. The highest BCUT2D eigenvalue weighted by Crippen LogP contribution is 2.33. The summed E-state index contributed by atoms with van der Waals surface area (Å²) in [5, 5.41) is 8.96. The molecule has 0 spiro atoms. The minimum Gasteiger partial charge on any atom is -0.478 e. The van der Waals surface area contributed by atoms with E-state index in [1.165, 1.54) is 0 Å². The van der Waals surface area contributed by atoms with Crippen molar-refractivity contribution in [1.29, 1.82) is 0 Å². The zero-order chi connectivity index (χ0) is 16.6. The molecule has 5 heteroatoms. The average molecular weight is 316 g/mol. The highest BCUT2D eigenvalue weighted by molar-refractivity contribution is 5.87. The molecule has 5 nitrogen and oxygen atoms in total. The molecular weight excluding hydrogens is 292 g/mol. The monoisotopic (exact) mass is 316 g/mol. The summed E-state index contributed by atoms with van der Waals surface area (Å²) in [5.74, 6) is -0.298. The van der Waals surface area contributed by atoms with Crippen LogP contribution >= 0.6 is 0 Å². The van der Waals surface area contributed by atoms with E-state index in [4.69, 9.17) is 5.11 Å². The van der Waals surface area contributed by atoms with Gasteiger partial charge in [0.1, 0.15) is 0 Å². The van der Waals surface area contributed by atoms with Crippen molar-refractivity contribution >= 4 is 11.9 Å². The third-order valence-corrected chi connectivity index (χ3v) is 4.89. The zero-order valence-electron chi connectivity index (χ0n) is 13.8. The highest BCUT2D eigenvalue weighted by Gasteiger charge is 2.40. The molecule has 124 valence electrons. The maximum absolute atomic E-state index is 12.3. The van der Waals surface area contributed by atoms with Crippen molar-refractivity contribution < 1.29 is 14.7 Å². The molecule has 1 heterocycles. The van der Waals surface area contributed by atoms with Crippen molar-refractivity contribution in [3.8, 4) is 0 Å². The first kappa shape index (κ1) is 16.0. The van der Waals surface area contributed by atoms with Crippen molar-refractivity contribution in [2.24, 2.45) is 5.92 Å². The van der Waals surface area contributed by atoms with Crippen molar-refractivity contribution in [1.82, 2.24) is 9.80 Å². The number of hydrogen-bond donors (Lipinski definition) is 1. The van der Waals surface area contributed by atoms with Gasteiger partial charge in [0.05, 0.1) is 5.56 Å². The lowest BCUT2D eigenvalue weighted by Gasteiger charge is -2.47. The molecule has 0 bridgehead atoms. The van der Waals surface area contributed by atoms with Gasteiger partial charge in [0, 0.05) is 37.6 Å². The van der Waals surface area contributed by atoms with Crippen LogP contribution in [0.4, 0.5) is 0 Å². The molecule has 0 atom stereocenters. The fourth-order valence-electron chi connectivity index (χ4n) is 3.23. The van der Waals surface area contributed by atoms with Gasteiger partial charge in [0.15, 0.2) is 0 Å². The van der Waals surface area contributed by atoms with E-state index < -0.39 is 5.97 Å². The minimum absolute atomic E-state index is 0.0751. The molecule has 1 aromatic rings. The van der Waals surface area contributed by atoms with Gasteiger partial charge in [0.25, 0.3) is 0 Å². The standard InChI is InChI=1S/C18H24N2O3/c1-18(2)12-19(16(21)14-7-8-14)9-10-20(18)11-13-3-5-15(6-4-13)17(22)23/h3-6,14H,7-12H2,1-2H3,(H,22,23). The minimum atomic E-state index is -0.899. The number of nitrogens with zero attached hydrogens (tertiary/aromatic N) is 2. The molecule has 0 aromatic heterocycles. The Kier molecular flexibility index (Phi) is 4.15. The number of carboxylic acid groups (broad SMARTS) is 1. The molecule has 1 aromatic carbocycles. The molecule has 2 aliphatic rings. The predicted octanol–water partition coefficient (Wildman–Crippen LogP) is 2.22. The molecule has 0 unspecified atom stereocenters. The number of hydrogen-bond acceptors (Lipinski definition) is 3. The summed E-state index contributed by atoms with van der Waals surface area (Å²) >= 11 is 0. The van der Waals surface area contributed by atoms with E-state index in [1.807, 2.05) is 17.0 Å². The Morgan fingerprint density at radius 1 is 1.17 bits per heavy atom. The number of benzene rings is 1. The second-order valence-electron chi connectivity index (χ2n) is 7.27. The maximum Gasteiger partial charge on any atom is 0.335 e. The van der Waals surface area contributed by atoms with Crippen molar-refractivity contribution in [2.45, 2.75) is 38.8 Å². The number of amides is 1. The second-order valence-corrected chi connectivity index (χ2v) is 7.27. The summed E-state index contributed by atoms with van der Waals surface area (Å²) < 4.78 is 0. The number of carbonyl (C=O) groups excluding carboxylic acids is 1. The molecule has 1 N–H and O–H groups in total. The Bertz CT molecular complexity index is 605. The molecule has 1 aliphatic carbocycles. The van der Waals surface area contributed by atoms with E-state index in [1.54, 1.807) is 12.1 Å². The molecule has 23 heavy (non-hydrogen) atoms. The van der Waals surface area contributed by atoms with Crippen LogP contribution in [0.25, 0.3) is 0 Å². The maximum atomic E-state index is 12.3. The Hall–Kier alpha value is -1.88. The van der Waals surface area contributed by atoms with Crippen LogP contribution in [0, 0.1) is 5.92 Å². The van der Waals surface area contributed by atoms with Crippen LogP contribution < -0.4 is 0 Å². The number of aromatic carboxylic acids is 1. The number of piperazine rings is 1. The first-order chi connectivity index (χ1) is 10.9. The van der Waals surface area contributed by atoms with Crippen LogP contribution in [0.5, 0.6) is 0 Å². The first-order valence-electron chi connectivity index (χ1n) is 8.23. The first-order valence-corrected chi connectivity index (χ1v) is 8.23. The third-order valence-electron chi connectivity index (χ3n) is 4.89. The quantitative estimate of drug-likeness (QED) is 0.925. The fraction of sp³-hybridized carbons (Fsp3) is 0.556. The Morgan fingerprint density at radius 3 is 2.35 bits per heavy atom. The molecule has 3 rings (SSSR count). The molecule has 2 fully saturated rings. The third kappa shape index (κ3) is 3.55. The van der Waals surface area contributed by atoms with Gasteiger partial charge >= 0.3 is 5.97 Å². The SMILES string of the molecule is CC1(C)CN(C(=O)C2CC2)CCN1Cc1ccc(C(=O)O)cc1. The van der Waals surface area contributed by atoms with Gasteiger partial charge in [-0.3, -0.25) is 9.69 Å². The number of carboxylic acids is 1. The van der Waals surface area contributed by atoms with Crippen molar-refractivity contribution in [3.05, 3.63) is 35.4 Å². The van der Waals surface area contributed by atoms with Gasteiger partial charge in [-0.15, -0.1) is 0 Å². The van der Waals surface area contributed by atoms with Crippen LogP contribution in [-0.4, -0.2) is 52.0 Å². The lowest BCUT2D eigenvalue weighted by molar-refractivity contribution is -0.137. The fourth-order valence-corrected chi connectivity index (χ4v) is 3.23. The zero-order valence-corrected chi connectivity index (χ0v) is 13.8. The van der Waals surface area contributed by atoms with Gasteiger partial charge in [-0.05, 0) is 44.4 Å². The Labute approximate surface area is 136 Å². The van der Waals surface area contributed by atoms with Gasteiger partial charge in [-0.25, -0.2) is 4.79 Å². The molecular formula is C18H24N2O3. The molecule has 1 aliphatic heterocycles. The largest absolute Gasteiger partial charge is 0.478 e. The molecule has 0 radical (unpaired) electrons. The van der Waals surface area contributed by atoms with E-state index in [0.29, 0.717) is 11.5 Å². The van der Waals surface area contributed by atoms with E-state index in [-0.39, 0.29) is 11.5 Å². The summed E-state index contributed by atoms with van der Waals surface area (Å²) in [6.07, 6.45) is 2.10. The van der Waals surface area contributed by atoms with Crippen LogP contribution in [0.3, 0.4) is 0 Å². The van der Waals surface area contributed by atoms with Crippen molar-refractivity contribution in [3.63, 3.8) is 0 Å². The van der Waals surface area contributed by atoms with Crippen LogP contribution in [0.1, 0.15) is 42.6 Å². The topological polar surface area (TPSA) is 60.9 Å². The second kappa shape index (κ2) is 5.96. The van der Waals surface area contributed by atoms with E-state index in [0.717, 1.165) is 44.6 Å². The number of rotatable bonds is 4. The van der Waals surface area contributed by atoms with Gasteiger partial charge in [0.2, 0.25) is 5.91 Å². The predicted molar refractivity (Wildman–Crippen MR) is 87.2 cm³/mol. The van der Waals surface area contributed by atoms with E-state index in [2.05, 4.69) is 18.7 Å². The summed E-state index contributed by atoms with van der Waals surface area (Å²) in [6, 6.07) is 7.05. The van der Waals surface area contributed by atoms with Crippen LogP contribution in [-0.2, 0) is 11.3 Å². The summed E-state index contributed by atoms with van der Waals surface area (Å²) in [7, 11) is 0. The van der Waals surface area contributed by atoms with Crippen LogP contribution in [0.2, 0.25) is 0 Å². The average Bonchev–Trinajstić information content (AvgIpc) is 3.33. The lowest BCUT2D eigenvalue weighted by atomic mass is 9.97. The molecule has 1 saturated heterocycles. The molecule has 1 saturated carbocycles.